The van der Waals surface area contributed by atoms with E-state index in [4.69, 9.17) is 9.73 Å². The van der Waals surface area contributed by atoms with Crippen molar-refractivity contribution in [3.05, 3.63) is 77.9 Å². The molecule has 0 heterocycles. The van der Waals surface area contributed by atoms with Gasteiger partial charge in [-0.05, 0) is 54.3 Å². The lowest BCUT2D eigenvalue weighted by atomic mass is 9.98. The molecule has 0 spiro atoms. The number of ether oxygens (including phenoxy) is 1. The zero-order chi connectivity index (χ0) is 18.1. The normalized spacial score (nSPS) is 13.6. The van der Waals surface area contributed by atoms with E-state index >= 15 is 0 Å². The minimum Gasteiger partial charge on any atom is -0.429 e. The van der Waals surface area contributed by atoms with Gasteiger partial charge in [0.25, 0.3) is 6.47 Å². The summed E-state index contributed by atoms with van der Waals surface area (Å²) in [6, 6.07) is 22.6. The van der Waals surface area contributed by atoms with E-state index in [1.165, 1.54) is 16.7 Å². The molecule has 0 atom stereocenters. The largest absolute Gasteiger partial charge is 0.429 e. The Balaban J connectivity index is 1.86. The Hall–Kier alpha value is -3.20. The number of carbonyl (C=O) groups excluding carboxylic acids is 1. The molecule has 0 aromatic heterocycles. The van der Waals surface area contributed by atoms with E-state index < -0.39 is 0 Å². The molecule has 0 N–H and O–H groups in total. The van der Waals surface area contributed by atoms with Crippen LogP contribution in [-0.4, -0.2) is 18.2 Å². The third-order valence-electron chi connectivity index (χ3n) is 4.49. The first-order chi connectivity index (χ1) is 12.7. The fraction of sp³-hybridized carbons (Fsp3) is 0.130. The van der Waals surface area contributed by atoms with Crippen molar-refractivity contribution >= 4 is 12.2 Å². The third kappa shape index (κ3) is 2.82. The summed E-state index contributed by atoms with van der Waals surface area (Å²) in [5.41, 5.74) is 7.91. The predicted molar refractivity (Wildman–Crippen MR) is 105 cm³/mol. The molecule has 0 amide bonds. The predicted octanol–water partition coefficient (Wildman–Crippen LogP) is 5.12. The number of rotatable bonds is 4. The van der Waals surface area contributed by atoms with Crippen LogP contribution in [0.2, 0.25) is 0 Å². The number of benzene rings is 3. The van der Waals surface area contributed by atoms with Gasteiger partial charge in [0.1, 0.15) is 5.75 Å². The minimum absolute atomic E-state index is 0.219. The van der Waals surface area contributed by atoms with Gasteiger partial charge in [-0.1, -0.05) is 48.5 Å². The molecule has 3 heteroatoms. The molecule has 128 valence electrons. The number of nitrogens with zero attached hydrogens (tertiary/aromatic N) is 1. The van der Waals surface area contributed by atoms with Crippen molar-refractivity contribution in [3.63, 3.8) is 0 Å². The van der Waals surface area contributed by atoms with Crippen LogP contribution in [-0.2, 0) is 4.79 Å². The van der Waals surface area contributed by atoms with Gasteiger partial charge in [-0.3, -0.25) is 9.79 Å². The minimum atomic E-state index is 0.219. The van der Waals surface area contributed by atoms with Crippen LogP contribution < -0.4 is 4.74 Å². The third-order valence-corrected chi connectivity index (χ3v) is 4.49. The maximum atomic E-state index is 10.6. The molecule has 0 aliphatic heterocycles. The molecular formula is C23H19NO2. The summed E-state index contributed by atoms with van der Waals surface area (Å²) in [7, 11) is 0. The van der Waals surface area contributed by atoms with Gasteiger partial charge < -0.3 is 4.74 Å². The van der Waals surface area contributed by atoms with Crippen LogP contribution >= 0.6 is 0 Å². The van der Waals surface area contributed by atoms with Crippen molar-refractivity contribution in [1.82, 2.24) is 0 Å². The van der Waals surface area contributed by atoms with Crippen molar-refractivity contribution in [2.45, 2.75) is 19.9 Å². The number of hydrogen-bond donors (Lipinski definition) is 0. The smallest absolute Gasteiger partial charge is 0.298 e. The molecule has 0 saturated carbocycles. The van der Waals surface area contributed by atoms with Gasteiger partial charge in [0, 0.05) is 17.2 Å². The van der Waals surface area contributed by atoms with E-state index in [0.717, 1.165) is 22.4 Å². The summed E-state index contributed by atoms with van der Waals surface area (Å²) < 4.78 is 4.98. The zero-order valence-electron chi connectivity index (χ0n) is 14.8. The second kappa shape index (κ2) is 6.60. The Morgan fingerprint density at radius 3 is 2.31 bits per heavy atom. The van der Waals surface area contributed by atoms with Crippen molar-refractivity contribution < 1.29 is 9.53 Å². The first-order valence-electron chi connectivity index (χ1n) is 8.70. The lowest BCUT2D eigenvalue weighted by Crippen LogP contribution is -2.03. The topological polar surface area (TPSA) is 38.7 Å². The number of hydrogen-bond acceptors (Lipinski definition) is 3. The molecule has 0 radical (unpaired) electrons. The standard InChI is InChI=1S/C23H19NO2/c1-15(2)24-23-21-9-4-3-8-19(21)20-11-10-17(13-22(20)23)16-6-5-7-18(12-16)26-14-25/h3-15H,1-2H3. The average molecular weight is 341 g/mol. The Morgan fingerprint density at radius 2 is 1.54 bits per heavy atom. The van der Waals surface area contributed by atoms with Crippen molar-refractivity contribution in [2.75, 3.05) is 0 Å². The summed E-state index contributed by atoms with van der Waals surface area (Å²) in [6.07, 6.45) is 0. The monoisotopic (exact) mass is 341 g/mol. The van der Waals surface area contributed by atoms with Crippen molar-refractivity contribution in [1.29, 1.82) is 0 Å². The SMILES string of the molecule is CC(C)N=C1c2ccccc2-c2ccc(-c3cccc(OC=O)c3)cc21. The number of fused-ring (bicyclic) bond motifs is 3. The molecule has 0 fully saturated rings. The molecule has 3 aromatic carbocycles. The molecule has 0 saturated heterocycles. The van der Waals surface area contributed by atoms with E-state index in [1.54, 1.807) is 6.07 Å². The van der Waals surface area contributed by atoms with Gasteiger partial charge in [0.05, 0.1) is 5.71 Å². The van der Waals surface area contributed by atoms with Gasteiger partial charge in [-0.2, -0.15) is 0 Å². The first-order valence-corrected chi connectivity index (χ1v) is 8.70. The molecule has 0 bridgehead atoms. The fourth-order valence-corrected chi connectivity index (χ4v) is 3.43. The maximum Gasteiger partial charge on any atom is 0.298 e. The van der Waals surface area contributed by atoms with E-state index in [1.807, 2.05) is 18.2 Å². The summed E-state index contributed by atoms with van der Waals surface area (Å²) in [4.78, 5) is 15.5. The van der Waals surface area contributed by atoms with Gasteiger partial charge in [-0.25, -0.2) is 0 Å². The summed E-state index contributed by atoms with van der Waals surface area (Å²) in [5, 5.41) is 0. The summed E-state index contributed by atoms with van der Waals surface area (Å²) in [5.74, 6) is 0.539. The molecule has 1 aliphatic carbocycles. The molecule has 26 heavy (non-hydrogen) atoms. The Morgan fingerprint density at radius 1 is 0.808 bits per heavy atom. The van der Waals surface area contributed by atoms with E-state index in [9.17, 15) is 4.79 Å². The van der Waals surface area contributed by atoms with Crippen molar-refractivity contribution in [3.8, 4) is 28.0 Å². The average Bonchev–Trinajstić information content (AvgIpc) is 2.95. The highest BCUT2D eigenvalue weighted by Crippen LogP contribution is 2.39. The Labute approximate surface area is 153 Å². The van der Waals surface area contributed by atoms with Gasteiger partial charge in [0.2, 0.25) is 0 Å². The van der Waals surface area contributed by atoms with Crippen LogP contribution in [0.5, 0.6) is 5.75 Å². The second-order valence-corrected chi connectivity index (χ2v) is 6.62. The molecular weight excluding hydrogens is 322 g/mol. The Kier molecular flexibility index (Phi) is 4.13. The molecule has 1 aliphatic rings. The van der Waals surface area contributed by atoms with Crippen LogP contribution in [0.15, 0.2) is 71.7 Å². The molecule has 4 rings (SSSR count). The quantitative estimate of drug-likeness (QED) is 0.484. The molecule has 3 nitrogen and oxygen atoms in total. The lowest BCUT2D eigenvalue weighted by molar-refractivity contribution is -0.120. The maximum absolute atomic E-state index is 10.6. The summed E-state index contributed by atoms with van der Waals surface area (Å²) in [6.45, 7) is 4.64. The highest BCUT2D eigenvalue weighted by atomic mass is 16.5. The van der Waals surface area contributed by atoms with Crippen LogP contribution in [0.3, 0.4) is 0 Å². The molecule has 3 aromatic rings. The van der Waals surface area contributed by atoms with Gasteiger partial charge in [-0.15, -0.1) is 0 Å². The summed E-state index contributed by atoms with van der Waals surface area (Å²) >= 11 is 0. The van der Waals surface area contributed by atoms with Crippen LogP contribution in [0.1, 0.15) is 25.0 Å². The number of aliphatic imine (C=N–C) groups is 1. The number of carbonyl (C=O) groups is 1. The first kappa shape index (κ1) is 16.3. The Bertz CT molecular complexity index is 1020. The van der Waals surface area contributed by atoms with E-state index in [0.29, 0.717) is 12.2 Å². The highest BCUT2D eigenvalue weighted by molar-refractivity contribution is 6.25. The van der Waals surface area contributed by atoms with Crippen LogP contribution in [0.25, 0.3) is 22.3 Å². The molecule has 0 unspecified atom stereocenters. The van der Waals surface area contributed by atoms with Crippen LogP contribution in [0, 0.1) is 0 Å². The second-order valence-electron chi connectivity index (χ2n) is 6.62. The van der Waals surface area contributed by atoms with E-state index in [-0.39, 0.29) is 6.04 Å². The van der Waals surface area contributed by atoms with Crippen LogP contribution in [0.4, 0.5) is 0 Å². The van der Waals surface area contributed by atoms with E-state index in [2.05, 4.69) is 56.3 Å². The zero-order valence-corrected chi connectivity index (χ0v) is 14.8. The highest BCUT2D eigenvalue weighted by Gasteiger charge is 2.25. The fourth-order valence-electron chi connectivity index (χ4n) is 3.43. The van der Waals surface area contributed by atoms with Crippen molar-refractivity contribution in [2.24, 2.45) is 4.99 Å². The lowest BCUT2D eigenvalue weighted by Gasteiger charge is -2.08. The van der Waals surface area contributed by atoms with Gasteiger partial charge >= 0.3 is 0 Å². The van der Waals surface area contributed by atoms with Gasteiger partial charge in [0.15, 0.2) is 0 Å².